The Morgan fingerprint density at radius 2 is 1.56 bits per heavy atom. The lowest BCUT2D eigenvalue weighted by Gasteiger charge is -2.40. The summed E-state index contributed by atoms with van der Waals surface area (Å²) < 4.78 is 22.8. The SMILES string of the molecule is Cc1c2cc3c(c1O)C(=O)C[C@H](O3)c1ccc(O)c(c1)-c1cccc(c1O)C(=O)OC[C@H]1O[C@@H](O2)[C@H](O)[C@H](O)[C@@H]1O. The first-order valence-electron chi connectivity index (χ1n) is 12.8. The molecule has 3 heterocycles. The van der Waals surface area contributed by atoms with Gasteiger partial charge in [-0.15, -0.1) is 0 Å². The number of cyclic esters (lactones) is 1. The van der Waals surface area contributed by atoms with Crippen LogP contribution in [0.15, 0.2) is 42.5 Å². The zero-order valence-electron chi connectivity index (χ0n) is 21.6. The smallest absolute Gasteiger partial charge is 0.342 e. The van der Waals surface area contributed by atoms with Gasteiger partial charge >= 0.3 is 5.97 Å². The molecule has 0 aliphatic carbocycles. The maximum Gasteiger partial charge on any atom is 0.342 e. The van der Waals surface area contributed by atoms with E-state index in [1.54, 1.807) is 6.07 Å². The number of phenols is 3. The van der Waals surface area contributed by atoms with Crippen molar-refractivity contribution in [3.63, 3.8) is 0 Å². The molecule has 0 radical (unpaired) electrons. The van der Waals surface area contributed by atoms with Crippen molar-refractivity contribution in [1.82, 2.24) is 0 Å². The van der Waals surface area contributed by atoms with E-state index < -0.39 is 66.7 Å². The maximum absolute atomic E-state index is 13.2. The second-order valence-corrected chi connectivity index (χ2v) is 10.2. The number of rotatable bonds is 0. The van der Waals surface area contributed by atoms with Gasteiger partial charge < -0.3 is 49.6 Å². The molecule has 3 aromatic carbocycles. The molecule has 6 N–H and O–H groups in total. The Labute approximate surface area is 232 Å². The molecule has 0 aromatic heterocycles. The molecule has 0 unspecified atom stereocenters. The summed E-state index contributed by atoms with van der Waals surface area (Å²) in [6.07, 6.45) is -9.15. The van der Waals surface area contributed by atoms with Gasteiger partial charge in [0.05, 0.1) is 6.42 Å². The Kier molecular flexibility index (Phi) is 6.50. The molecule has 0 saturated carbocycles. The zero-order chi connectivity index (χ0) is 29.2. The van der Waals surface area contributed by atoms with Crippen LogP contribution in [0.25, 0.3) is 11.1 Å². The van der Waals surface area contributed by atoms with Crippen molar-refractivity contribution in [3.8, 4) is 39.9 Å². The number of fused-ring (bicyclic) bond motifs is 10. The van der Waals surface area contributed by atoms with Gasteiger partial charge in [-0.05, 0) is 30.7 Å². The van der Waals surface area contributed by atoms with Gasteiger partial charge in [0.1, 0.15) is 77.0 Å². The van der Waals surface area contributed by atoms with Crippen molar-refractivity contribution >= 4 is 11.8 Å². The van der Waals surface area contributed by atoms with Crippen LogP contribution < -0.4 is 9.47 Å². The number of hydrogen-bond acceptors (Lipinski definition) is 12. The van der Waals surface area contributed by atoms with E-state index in [1.165, 1.54) is 43.3 Å². The Balaban J connectivity index is 1.52. The zero-order valence-corrected chi connectivity index (χ0v) is 21.6. The van der Waals surface area contributed by atoms with Crippen molar-refractivity contribution in [2.24, 2.45) is 0 Å². The highest BCUT2D eigenvalue weighted by molar-refractivity contribution is 6.03. The molecule has 41 heavy (non-hydrogen) atoms. The number of carbonyl (C=O) groups excluding carboxylic acids is 2. The number of para-hydroxylation sites is 1. The summed E-state index contributed by atoms with van der Waals surface area (Å²) in [5.41, 5.74) is 0.531. The highest BCUT2D eigenvalue weighted by Gasteiger charge is 2.46. The normalized spacial score (nSPS) is 27.2. The lowest BCUT2D eigenvalue weighted by atomic mass is 9.91. The number of ether oxygens (including phenoxy) is 4. The van der Waals surface area contributed by atoms with Gasteiger partial charge in [0.2, 0.25) is 6.29 Å². The fourth-order valence-electron chi connectivity index (χ4n) is 5.26. The standard InChI is InChI=1S/C29H26O12/c1-11-18-9-20-22(23(11)32)17(31)8-19(39-20)12-5-6-16(30)15(7-12)13-3-2-4-14(24(13)33)28(37)38-10-21-25(34)26(35)27(36)29(40-18)41-21/h2-7,9,19,21,25-27,29-30,32-36H,8,10H2,1H3/t19-,21+,25+,26+,27+,29+/m0/s1. The Hall–Kier alpha value is -4.36. The Morgan fingerprint density at radius 1 is 0.805 bits per heavy atom. The first-order valence-corrected chi connectivity index (χ1v) is 12.8. The van der Waals surface area contributed by atoms with Gasteiger partial charge in [-0.3, -0.25) is 4.79 Å². The van der Waals surface area contributed by atoms with Crippen LogP contribution in [-0.4, -0.2) is 79.7 Å². The van der Waals surface area contributed by atoms with Crippen LogP contribution in [0.4, 0.5) is 0 Å². The molecule has 12 nitrogen and oxygen atoms in total. The van der Waals surface area contributed by atoms with E-state index in [0.29, 0.717) is 5.56 Å². The third-order valence-corrected chi connectivity index (χ3v) is 7.62. The lowest BCUT2D eigenvalue weighted by molar-refractivity contribution is -0.277. The average molecular weight is 567 g/mol. The summed E-state index contributed by atoms with van der Waals surface area (Å²) >= 11 is 0. The number of ketones is 1. The first-order chi connectivity index (χ1) is 19.5. The van der Waals surface area contributed by atoms with Gasteiger partial charge in [0.25, 0.3) is 0 Å². The molecule has 1 fully saturated rings. The molecule has 0 spiro atoms. The summed E-state index contributed by atoms with van der Waals surface area (Å²) in [5.74, 6) is -2.58. The molecule has 214 valence electrons. The third-order valence-electron chi connectivity index (χ3n) is 7.62. The molecule has 0 amide bonds. The summed E-state index contributed by atoms with van der Waals surface area (Å²) in [4.78, 5) is 26.1. The summed E-state index contributed by atoms with van der Waals surface area (Å²) in [5, 5.41) is 64.0. The minimum atomic E-state index is -1.76. The molecule has 6 atom stereocenters. The van der Waals surface area contributed by atoms with E-state index in [1.807, 2.05) is 0 Å². The van der Waals surface area contributed by atoms with E-state index in [4.69, 9.17) is 18.9 Å². The number of carbonyl (C=O) groups is 2. The van der Waals surface area contributed by atoms with Crippen LogP contribution in [0.3, 0.4) is 0 Å². The van der Waals surface area contributed by atoms with E-state index in [-0.39, 0.29) is 51.5 Å². The van der Waals surface area contributed by atoms with Crippen molar-refractivity contribution in [2.45, 2.75) is 50.2 Å². The summed E-state index contributed by atoms with van der Waals surface area (Å²) in [6.45, 7) is 0.879. The van der Waals surface area contributed by atoms with Gasteiger partial charge in [-0.1, -0.05) is 18.2 Å². The largest absolute Gasteiger partial charge is 0.507 e. The molecule has 3 aliphatic rings. The topological polar surface area (TPSA) is 192 Å². The lowest BCUT2D eigenvalue weighted by Crippen LogP contribution is -2.60. The minimum absolute atomic E-state index is 0.0127. The monoisotopic (exact) mass is 566 g/mol. The molecule has 6 rings (SSSR count). The predicted molar refractivity (Wildman–Crippen MR) is 138 cm³/mol. The highest BCUT2D eigenvalue weighted by Crippen LogP contribution is 2.46. The number of benzene rings is 3. The number of hydrogen-bond donors (Lipinski definition) is 6. The second kappa shape index (κ2) is 9.93. The third kappa shape index (κ3) is 4.41. The number of aliphatic hydroxyl groups is 3. The highest BCUT2D eigenvalue weighted by atomic mass is 16.7. The molecule has 12 heteroatoms. The number of aliphatic hydroxyl groups excluding tert-OH is 3. The van der Waals surface area contributed by atoms with Gasteiger partial charge in [0.15, 0.2) is 5.78 Å². The van der Waals surface area contributed by atoms with Crippen molar-refractivity contribution in [1.29, 1.82) is 0 Å². The van der Waals surface area contributed by atoms with Gasteiger partial charge in [-0.2, -0.15) is 0 Å². The fraction of sp³-hybridized carbons (Fsp3) is 0.310. The van der Waals surface area contributed by atoms with Crippen LogP contribution in [0.5, 0.6) is 28.7 Å². The van der Waals surface area contributed by atoms with Crippen LogP contribution in [0, 0.1) is 6.92 Å². The number of phenolic OH excluding ortho intramolecular Hbond substituents is 3. The van der Waals surface area contributed by atoms with E-state index in [0.717, 1.165) is 0 Å². The molecular formula is C29H26O12. The molecule has 3 aliphatic heterocycles. The van der Waals surface area contributed by atoms with Crippen LogP contribution in [0.2, 0.25) is 0 Å². The average Bonchev–Trinajstić information content (AvgIpc) is 2.95. The first kappa shape index (κ1) is 26.8. The number of esters is 1. The van der Waals surface area contributed by atoms with E-state index >= 15 is 0 Å². The van der Waals surface area contributed by atoms with Crippen LogP contribution >= 0.6 is 0 Å². The van der Waals surface area contributed by atoms with Gasteiger partial charge in [-0.25, -0.2) is 4.79 Å². The van der Waals surface area contributed by atoms with E-state index in [2.05, 4.69) is 0 Å². The van der Waals surface area contributed by atoms with Crippen molar-refractivity contribution < 1.29 is 59.2 Å². The predicted octanol–water partition coefficient (Wildman–Crippen LogP) is 1.84. The molecule has 9 bridgehead atoms. The van der Waals surface area contributed by atoms with Crippen molar-refractivity contribution in [3.05, 3.63) is 64.7 Å². The Bertz CT molecular complexity index is 1570. The number of aromatic hydroxyl groups is 3. The summed E-state index contributed by atoms with van der Waals surface area (Å²) in [7, 11) is 0. The summed E-state index contributed by atoms with van der Waals surface area (Å²) in [6, 6.07) is 10.0. The van der Waals surface area contributed by atoms with Crippen LogP contribution in [0.1, 0.15) is 44.4 Å². The second-order valence-electron chi connectivity index (χ2n) is 10.2. The molecule has 3 aromatic rings. The maximum atomic E-state index is 13.2. The molecule has 1 saturated heterocycles. The van der Waals surface area contributed by atoms with Gasteiger partial charge in [0, 0.05) is 22.8 Å². The van der Waals surface area contributed by atoms with E-state index in [9.17, 15) is 40.2 Å². The molecular weight excluding hydrogens is 540 g/mol. The number of Topliss-reactive ketones (excluding diaryl/α,β-unsaturated/α-hetero) is 1. The van der Waals surface area contributed by atoms with Crippen molar-refractivity contribution in [2.75, 3.05) is 6.61 Å². The fourth-order valence-corrected chi connectivity index (χ4v) is 5.26. The van der Waals surface area contributed by atoms with Crippen LogP contribution in [-0.2, 0) is 9.47 Å². The Morgan fingerprint density at radius 3 is 2.34 bits per heavy atom. The minimum Gasteiger partial charge on any atom is -0.507 e. The quantitative estimate of drug-likeness (QED) is 0.217.